The van der Waals surface area contributed by atoms with E-state index < -0.39 is 0 Å². The van der Waals surface area contributed by atoms with Gasteiger partial charge in [-0.3, -0.25) is 0 Å². The SMILES string of the molecule is CCCCCCCCCCCCNC(CC)CC.N. The summed E-state index contributed by atoms with van der Waals surface area (Å²) in [4.78, 5) is 0. The Morgan fingerprint density at radius 3 is 1.47 bits per heavy atom. The van der Waals surface area contributed by atoms with Crippen molar-refractivity contribution in [1.82, 2.24) is 11.5 Å². The lowest BCUT2D eigenvalue weighted by Crippen LogP contribution is -2.28. The molecular formula is C17H40N2. The Bertz CT molecular complexity index is 144. The first-order valence-corrected chi connectivity index (χ1v) is 8.58. The maximum atomic E-state index is 3.64. The van der Waals surface area contributed by atoms with Gasteiger partial charge >= 0.3 is 0 Å². The summed E-state index contributed by atoms with van der Waals surface area (Å²) in [7, 11) is 0. The van der Waals surface area contributed by atoms with Crippen LogP contribution >= 0.6 is 0 Å². The van der Waals surface area contributed by atoms with Crippen LogP contribution in [0.1, 0.15) is 97.8 Å². The molecular weight excluding hydrogens is 232 g/mol. The fourth-order valence-corrected chi connectivity index (χ4v) is 2.50. The minimum atomic E-state index is 0. The molecule has 0 amide bonds. The van der Waals surface area contributed by atoms with Gasteiger partial charge in [-0.2, -0.15) is 0 Å². The molecule has 0 saturated heterocycles. The lowest BCUT2D eigenvalue weighted by Gasteiger charge is -2.14. The van der Waals surface area contributed by atoms with Gasteiger partial charge in [0.25, 0.3) is 0 Å². The van der Waals surface area contributed by atoms with Gasteiger partial charge in [-0.1, -0.05) is 78.6 Å². The van der Waals surface area contributed by atoms with Gasteiger partial charge < -0.3 is 11.5 Å². The van der Waals surface area contributed by atoms with Crippen molar-refractivity contribution in [1.29, 1.82) is 0 Å². The Balaban J connectivity index is 0. The summed E-state index contributed by atoms with van der Waals surface area (Å²) in [6.45, 7) is 8.07. The van der Waals surface area contributed by atoms with Gasteiger partial charge in [-0.15, -0.1) is 0 Å². The van der Waals surface area contributed by atoms with E-state index in [0.717, 1.165) is 6.04 Å². The standard InChI is InChI=1S/C17H37N.H3N/c1-4-7-8-9-10-11-12-13-14-15-16-18-17(5-2)6-3;/h17-18H,4-16H2,1-3H3;1H3. The molecule has 0 spiro atoms. The zero-order chi connectivity index (χ0) is 13.5. The second-order valence-electron chi connectivity index (χ2n) is 5.65. The highest BCUT2D eigenvalue weighted by Gasteiger charge is 2.00. The second kappa shape index (κ2) is 17.9. The molecule has 0 aromatic heterocycles. The highest BCUT2D eigenvalue weighted by Crippen LogP contribution is 2.10. The lowest BCUT2D eigenvalue weighted by atomic mass is 10.1. The first-order chi connectivity index (χ1) is 8.85. The average molecular weight is 273 g/mol. The van der Waals surface area contributed by atoms with Gasteiger partial charge in [0.2, 0.25) is 0 Å². The summed E-state index contributed by atoms with van der Waals surface area (Å²) in [6, 6.07) is 0.753. The third-order valence-corrected chi connectivity index (χ3v) is 3.95. The van der Waals surface area contributed by atoms with Crippen LogP contribution in [0.3, 0.4) is 0 Å². The summed E-state index contributed by atoms with van der Waals surface area (Å²) in [5.41, 5.74) is 0. The van der Waals surface area contributed by atoms with E-state index in [0.29, 0.717) is 0 Å². The van der Waals surface area contributed by atoms with Gasteiger partial charge in [-0.25, -0.2) is 0 Å². The van der Waals surface area contributed by atoms with E-state index in [1.807, 2.05) is 0 Å². The third-order valence-electron chi connectivity index (χ3n) is 3.95. The Morgan fingerprint density at radius 1 is 0.632 bits per heavy atom. The van der Waals surface area contributed by atoms with Crippen LogP contribution in [0, 0.1) is 0 Å². The van der Waals surface area contributed by atoms with Gasteiger partial charge in [0, 0.05) is 6.04 Å². The van der Waals surface area contributed by atoms with E-state index in [4.69, 9.17) is 0 Å². The van der Waals surface area contributed by atoms with E-state index in [9.17, 15) is 0 Å². The molecule has 2 nitrogen and oxygen atoms in total. The predicted octanol–water partition coefficient (Wildman–Crippen LogP) is 5.85. The molecule has 4 N–H and O–H groups in total. The van der Waals surface area contributed by atoms with Crippen LogP contribution in [0.4, 0.5) is 0 Å². The molecule has 0 bridgehead atoms. The molecule has 0 atom stereocenters. The fraction of sp³-hybridized carbons (Fsp3) is 1.00. The Hall–Kier alpha value is -0.0800. The summed E-state index contributed by atoms with van der Waals surface area (Å²) < 4.78 is 0. The molecule has 0 aliphatic heterocycles. The molecule has 0 aromatic rings. The van der Waals surface area contributed by atoms with Gasteiger partial charge in [0.1, 0.15) is 0 Å². The van der Waals surface area contributed by atoms with Gasteiger partial charge in [-0.05, 0) is 25.8 Å². The zero-order valence-electron chi connectivity index (χ0n) is 14.0. The number of rotatable bonds is 14. The Kier molecular flexibility index (Phi) is 20.0. The van der Waals surface area contributed by atoms with Crippen molar-refractivity contribution in [2.75, 3.05) is 6.54 Å². The van der Waals surface area contributed by atoms with Crippen molar-refractivity contribution in [3.63, 3.8) is 0 Å². The summed E-state index contributed by atoms with van der Waals surface area (Å²) in [5, 5.41) is 3.64. The highest BCUT2D eigenvalue weighted by atomic mass is 14.9. The molecule has 0 fully saturated rings. The average Bonchev–Trinajstić information content (AvgIpc) is 2.40. The highest BCUT2D eigenvalue weighted by molar-refractivity contribution is 4.61. The Labute approximate surface area is 122 Å². The van der Waals surface area contributed by atoms with Crippen LogP contribution in [0.25, 0.3) is 0 Å². The molecule has 0 heterocycles. The lowest BCUT2D eigenvalue weighted by molar-refractivity contribution is 0.466. The van der Waals surface area contributed by atoms with Crippen molar-refractivity contribution < 1.29 is 0 Å². The summed E-state index contributed by atoms with van der Waals surface area (Å²) in [5.74, 6) is 0. The van der Waals surface area contributed by atoms with Crippen LogP contribution in [0.5, 0.6) is 0 Å². The molecule has 0 radical (unpaired) electrons. The summed E-state index contributed by atoms with van der Waals surface area (Å²) >= 11 is 0. The number of unbranched alkanes of at least 4 members (excludes halogenated alkanes) is 9. The quantitative estimate of drug-likeness (QED) is 0.390. The van der Waals surface area contributed by atoms with Gasteiger partial charge in [0.15, 0.2) is 0 Å². The number of nitrogens with one attached hydrogen (secondary N) is 1. The van der Waals surface area contributed by atoms with E-state index in [1.165, 1.54) is 83.6 Å². The van der Waals surface area contributed by atoms with Crippen LogP contribution in [-0.4, -0.2) is 12.6 Å². The molecule has 0 saturated carbocycles. The predicted molar refractivity (Wildman–Crippen MR) is 89.2 cm³/mol. The summed E-state index contributed by atoms with van der Waals surface area (Å²) in [6.07, 6.45) is 16.9. The first-order valence-electron chi connectivity index (χ1n) is 8.58. The smallest absolute Gasteiger partial charge is 0.00618 e. The van der Waals surface area contributed by atoms with Gasteiger partial charge in [0.05, 0.1) is 0 Å². The monoisotopic (exact) mass is 272 g/mol. The topological polar surface area (TPSA) is 47.0 Å². The fourth-order valence-electron chi connectivity index (χ4n) is 2.50. The molecule has 0 aromatic carbocycles. The molecule has 0 rings (SSSR count). The normalized spacial score (nSPS) is 10.7. The third kappa shape index (κ3) is 15.9. The zero-order valence-corrected chi connectivity index (χ0v) is 14.0. The van der Waals surface area contributed by atoms with E-state index in [-0.39, 0.29) is 6.15 Å². The van der Waals surface area contributed by atoms with Crippen molar-refractivity contribution in [2.45, 2.75) is 104 Å². The minimum absolute atomic E-state index is 0. The van der Waals surface area contributed by atoms with Crippen molar-refractivity contribution >= 4 is 0 Å². The molecule has 2 heteroatoms. The molecule has 118 valence electrons. The van der Waals surface area contributed by atoms with Crippen LogP contribution in [0.15, 0.2) is 0 Å². The second-order valence-corrected chi connectivity index (χ2v) is 5.65. The number of hydrogen-bond acceptors (Lipinski definition) is 2. The van der Waals surface area contributed by atoms with E-state index >= 15 is 0 Å². The minimum Gasteiger partial charge on any atom is -0.344 e. The Morgan fingerprint density at radius 2 is 1.05 bits per heavy atom. The molecule has 0 aliphatic rings. The van der Waals surface area contributed by atoms with Crippen molar-refractivity contribution in [3.05, 3.63) is 0 Å². The number of hydrogen-bond donors (Lipinski definition) is 2. The van der Waals surface area contributed by atoms with Crippen LogP contribution in [0.2, 0.25) is 0 Å². The van der Waals surface area contributed by atoms with Crippen LogP contribution < -0.4 is 11.5 Å². The van der Waals surface area contributed by atoms with E-state index in [2.05, 4.69) is 26.1 Å². The van der Waals surface area contributed by atoms with Crippen molar-refractivity contribution in [2.24, 2.45) is 0 Å². The molecule has 19 heavy (non-hydrogen) atoms. The van der Waals surface area contributed by atoms with Crippen molar-refractivity contribution in [3.8, 4) is 0 Å². The first kappa shape index (κ1) is 21.2. The van der Waals surface area contributed by atoms with Crippen LogP contribution in [-0.2, 0) is 0 Å². The molecule has 0 unspecified atom stereocenters. The van der Waals surface area contributed by atoms with E-state index in [1.54, 1.807) is 0 Å². The maximum Gasteiger partial charge on any atom is 0.00618 e. The maximum absolute atomic E-state index is 3.64. The molecule has 0 aliphatic carbocycles. The largest absolute Gasteiger partial charge is 0.344 e.